The molecule has 0 unspecified atom stereocenters. The van der Waals surface area contributed by atoms with Crippen LogP contribution in [0.4, 0.5) is 5.69 Å². The highest BCUT2D eigenvalue weighted by atomic mass is 35.5. The molecule has 5 heteroatoms. The maximum atomic E-state index is 12.7. The Labute approximate surface area is 117 Å². The van der Waals surface area contributed by atoms with Gasteiger partial charge in [-0.1, -0.05) is 37.6 Å². The second kappa shape index (κ2) is 5.21. The van der Waals surface area contributed by atoms with Gasteiger partial charge in [-0.2, -0.15) is 0 Å². The van der Waals surface area contributed by atoms with Crippen LogP contribution in [0, 0.1) is 0 Å². The molecule has 0 atom stereocenters. The topological polar surface area (TPSA) is 49.4 Å². The largest absolute Gasteiger partial charge is 0.340 e. The third-order valence-electron chi connectivity index (χ3n) is 3.69. The van der Waals surface area contributed by atoms with Crippen molar-refractivity contribution in [2.45, 2.75) is 32.2 Å². The highest BCUT2D eigenvalue weighted by molar-refractivity contribution is 6.34. The number of nitrogens with one attached hydrogen (secondary N) is 1. The third-order valence-corrected chi connectivity index (χ3v) is 4.00. The molecule has 2 rings (SSSR count). The van der Waals surface area contributed by atoms with Crippen LogP contribution in [0.3, 0.4) is 0 Å². The fraction of sp³-hybridized carbons (Fsp3) is 0.429. The Kier molecular flexibility index (Phi) is 3.80. The molecule has 1 aliphatic rings. The number of halogens is 1. The molecule has 4 nitrogen and oxygen atoms in total. The first-order valence-electron chi connectivity index (χ1n) is 6.41. The van der Waals surface area contributed by atoms with Gasteiger partial charge in [0, 0.05) is 0 Å². The van der Waals surface area contributed by atoms with E-state index in [1.807, 2.05) is 13.8 Å². The maximum Gasteiger partial charge on any atom is 0.253 e. The standard InChI is InChI=1S/C14H17ClN2O2/c1-3-14(4-2)13(19)17(9-12(18)16-14)11-8-6-5-7-10(11)15/h5-8H,3-4,9H2,1-2H3,(H,16,18). The number of para-hydroxylation sites is 1. The second-order valence-electron chi connectivity index (χ2n) is 4.68. The van der Waals surface area contributed by atoms with Gasteiger partial charge in [-0.3, -0.25) is 14.5 Å². The average molecular weight is 281 g/mol. The fourth-order valence-corrected chi connectivity index (χ4v) is 2.67. The lowest BCUT2D eigenvalue weighted by Crippen LogP contribution is -2.66. The Morgan fingerprint density at radius 2 is 1.89 bits per heavy atom. The summed E-state index contributed by atoms with van der Waals surface area (Å²) >= 11 is 6.12. The van der Waals surface area contributed by atoms with Crippen molar-refractivity contribution in [2.75, 3.05) is 11.4 Å². The number of benzene rings is 1. The van der Waals surface area contributed by atoms with Crippen molar-refractivity contribution in [1.29, 1.82) is 0 Å². The highest BCUT2D eigenvalue weighted by Gasteiger charge is 2.44. The van der Waals surface area contributed by atoms with E-state index in [1.54, 1.807) is 24.3 Å². The molecule has 0 aromatic heterocycles. The summed E-state index contributed by atoms with van der Waals surface area (Å²) < 4.78 is 0. The first-order valence-corrected chi connectivity index (χ1v) is 6.79. The normalized spacial score (nSPS) is 18.4. The molecule has 0 saturated carbocycles. The van der Waals surface area contributed by atoms with Crippen molar-refractivity contribution in [3.05, 3.63) is 29.3 Å². The van der Waals surface area contributed by atoms with Gasteiger partial charge in [0.2, 0.25) is 5.91 Å². The van der Waals surface area contributed by atoms with Crippen LogP contribution >= 0.6 is 11.6 Å². The van der Waals surface area contributed by atoms with Gasteiger partial charge in [0.05, 0.1) is 10.7 Å². The molecule has 1 aromatic carbocycles. The van der Waals surface area contributed by atoms with Gasteiger partial charge in [0.15, 0.2) is 0 Å². The molecule has 1 fully saturated rings. The molecule has 0 aliphatic carbocycles. The summed E-state index contributed by atoms with van der Waals surface area (Å²) in [6.45, 7) is 3.82. The van der Waals surface area contributed by atoms with Gasteiger partial charge in [-0.25, -0.2) is 0 Å². The molecule has 1 aliphatic heterocycles. The van der Waals surface area contributed by atoms with Crippen LogP contribution in [0.2, 0.25) is 5.02 Å². The zero-order chi connectivity index (χ0) is 14.0. The van der Waals surface area contributed by atoms with E-state index in [-0.39, 0.29) is 18.4 Å². The van der Waals surface area contributed by atoms with Gasteiger partial charge in [-0.05, 0) is 25.0 Å². The minimum atomic E-state index is -0.811. The molecule has 0 spiro atoms. The highest BCUT2D eigenvalue weighted by Crippen LogP contribution is 2.31. The van der Waals surface area contributed by atoms with Crippen LogP contribution in [0.25, 0.3) is 0 Å². The average Bonchev–Trinajstić information content (AvgIpc) is 2.42. The summed E-state index contributed by atoms with van der Waals surface area (Å²) in [6, 6.07) is 7.08. The molecule has 19 heavy (non-hydrogen) atoms. The lowest BCUT2D eigenvalue weighted by atomic mass is 9.88. The molecular weight excluding hydrogens is 264 g/mol. The molecule has 1 aromatic rings. The van der Waals surface area contributed by atoms with Crippen LogP contribution in [0.5, 0.6) is 0 Å². The van der Waals surface area contributed by atoms with E-state index in [1.165, 1.54) is 4.90 Å². The zero-order valence-electron chi connectivity index (χ0n) is 11.1. The van der Waals surface area contributed by atoms with Gasteiger partial charge in [0.25, 0.3) is 5.91 Å². The summed E-state index contributed by atoms with van der Waals surface area (Å²) in [5.74, 6) is -0.242. The monoisotopic (exact) mass is 280 g/mol. The molecule has 1 N–H and O–H groups in total. The lowest BCUT2D eigenvalue weighted by Gasteiger charge is -2.41. The molecule has 0 radical (unpaired) electrons. The lowest BCUT2D eigenvalue weighted by molar-refractivity contribution is -0.136. The quantitative estimate of drug-likeness (QED) is 0.924. The fourth-order valence-electron chi connectivity index (χ4n) is 2.43. The molecule has 1 saturated heterocycles. The van der Waals surface area contributed by atoms with E-state index >= 15 is 0 Å². The van der Waals surface area contributed by atoms with E-state index in [0.717, 1.165) is 0 Å². The number of hydrogen-bond acceptors (Lipinski definition) is 2. The predicted octanol–water partition coefficient (Wildman–Crippen LogP) is 2.36. The number of carbonyl (C=O) groups is 2. The number of rotatable bonds is 3. The third kappa shape index (κ3) is 2.32. The van der Waals surface area contributed by atoms with Crippen LogP contribution in [-0.4, -0.2) is 23.9 Å². The number of hydrogen-bond donors (Lipinski definition) is 1. The first kappa shape index (κ1) is 13.9. The van der Waals surface area contributed by atoms with Gasteiger partial charge in [-0.15, -0.1) is 0 Å². The van der Waals surface area contributed by atoms with Crippen molar-refractivity contribution in [3.8, 4) is 0 Å². The smallest absolute Gasteiger partial charge is 0.253 e. The van der Waals surface area contributed by atoms with E-state index in [9.17, 15) is 9.59 Å². The number of anilines is 1. The summed E-state index contributed by atoms with van der Waals surface area (Å²) in [5, 5.41) is 3.30. The van der Waals surface area contributed by atoms with E-state index < -0.39 is 5.54 Å². The van der Waals surface area contributed by atoms with Crippen molar-refractivity contribution in [1.82, 2.24) is 5.32 Å². The zero-order valence-corrected chi connectivity index (χ0v) is 11.8. The molecule has 2 amide bonds. The first-order chi connectivity index (χ1) is 9.04. The number of amides is 2. The summed E-state index contributed by atoms with van der Waals surface area (Å²) in [4.78, 5) is 26.0. The van der Waals surface area contributed by atoms with Crippen molar-refractivity contribution < 1.29 is 9.59 Å². The maximum absolute atomic E-state index is 12.7. The molecule has 102 valence electrons. The second-order valence-corrected chi connectivity index (χ2v) is 5.09. The van der Waals surface area contributed by atoms with Crippen LogP contribution in [-0.2, 0) is 9.59 Å². The van der Waals surface area contributed by atoms with E-state index in [2.05, 4.69) is 5.32 Å². The SMILES string of the molecule is CCC1(CC)NC(=O)CN(c2ccccc2Cl)C1=O. The van der Waals surface area contributed by atoms with Gasteiger partial charge in [0.1, 0.15) is 12.1 Å². The Balaban J connectivity index is 2.44. The molecule has 0 bridgehead atoms. The summed E-state index contributed by atoms with van der Waals surface area (Å²) in [5.41, 5.74) is -0.218. The Morgan fingerprint density at radius 1 is 1.26 bits per heavy atom. The van der Waals surface area contributed by atoms with E-state index in [4.69, 9.17) is 11.6 Å². The Hall–Kier alpha value is -1.55. The van der Waals surface area contributed by atoms with Gasteiger partial charge < -0.3 is 5.32 Å². The van der Waals surface area contributed by atoms with Crippen LogP contribution < -0.4 is 10.2 Å². The molecular formula is C14H17ClN2O2. The predicted molar refractivity (Wildman–Crippen MR) is 75.3 cm³/mol. The number of piperazine rings is 1. The number of nitrogens with zero attached hydrogens (tertiary/aromatic N) is 1. The minimum Gasteiger partial charge on any atom is -0.340 e. The van der Waals surface area contributed by atoms with Crippen LogP contribution in [0.15, 0.2) is 24.3 Å². The van der Waals surface area contributed by atoms with Crippen LogP contribution in [0.1, 0.15) is 26.7 Å². The minimum absolute atomic E-state index is 0.0182. The Bertz CT molecular complexity index is 512. The summed E-state index contributed by atoms with van der Waals surface area (Å²) in [7, 11) is 0. The van der Waals surface area contributed by atoms with E-state index in [0.29, 0.717) is 23.6 Å². The van der Waals surface area contributed by atoms with Gasteiger partial charge >= 0.3 is 0 Å². The van der Waals surface area contributed by atoms with Crippen molar-refractivity contribution in [2.24, 2.45) is 0 Å². The Morgan fingerprint density at radius 3 is 2.47 bits per heavy atom. The summed E-state index contributed by atoms with van der Waals surface area (Å²) in [6.07, 6.45) is 1.13. The number of carbonyl (C=O) groups excluding carboxylic acids is 2. The van der Waals surface area contributed by atoms with Crippen molar-refractivity contribution >= 4 is 29.1 Å². The van der Waals surface area contributed by atoms with Crippen molar-refractivity contribution in [3.63, 3.8) is 0 Å². The molecule has 1 heterocycles.